The first-order chi connectivity index (χ1) is 8.51. The van der Waals surface area contributed by atoms with Gasteiger partial charge in [-0.2, -0.15) is 13.2 Å². The van der Waals surface area contributed by atoms with Gasteiger partial charge in [-0.05, 0) is 25.7 Å². The zero-order valence-electron chi connectivity index (χ0n) is 11.2. The Balaban J connectivity index is 0.00000324. The molecule has 1 saturated carbocycles. The van der Waals surface area contributed by atoms with Crippen LogP contribution in [0, 0.1) is 0 Å². The monoisotopic (exact) mass is 393 g/mol. The Morgan fingerprint density at radius 1 is 1.21 bits per heavy atom. The zero-order valence-corrected chi connectivity index (χ0v) is 13.6. The number of rotatable bonds is 5. The number of guanidine groups is 1. The summed E-state index contributed by atoms with van der Waals surface area (Å²) in [5.41, 5.74) is 0. The number of alkyl halides is 3. The summed E-state index contributed by atoms with van der Waals surface area (Å²) >= 11 is 0. The molecule has 0 aromatic heterocycles. The van der Waals surface area contributed by atoms with Crippen molar-refractivity contribution in [2.24, 2.45) is 4.99 Å². The number of hydrogen-bond acceptors (Lipinski definition) is 1. The summed E-state index contributed by atoms with van der Waals surface area (Å²) in [5, 5.41) is 6.34. The summed E-state index contributed by atoms with van der Waals surface area (Å²) in [6.45, 7) is 0.530. The van der Waals surface area contributed by atoms with Gasteiger partial charge in [0.25, 0.3) is 0 Å². The van der Waals surface area contributed by atoms with E-state index >= 15 is 0 Å². The van der Waals surface area contributed by atoms with Gasteiger partial charge in [0.05, 0.1) is 0 Å². The molecule has 19 heavy (non-hydrogen) atoms. The fraction of sp³-hybridized carbons (Fsp3) is 0.917. The van der Waals surface area contributed by atoms with Crippen LogP contribution in [0.5, 0.6) is 0 Å². The molecule has 114 valence electrons. The molecule has 0 saturated heterocycles. The van der Waals surface area contributed by atoms with Crippen LogP contribution in [-0.2, 0) is 0 Å². The Morgan fingerprint density at radius 3 is 2.37 bits per heavy atom. The second-order valence-electron chi connectivity index (χ2n) is 4.70. The van der Waals surface area contributed by atoms with Crippen molar-refractivity contribution in [3.05, 3.63) is 0 Å². The van der Waals surface area contributed by atoms with Gasteiger partial charge < -0.3 is 10.6 Å². The molecule has 0 bridgehead atoms. The highest BCUT2D eigenvalue weighted by Crippen LogP contribution is 2.21. The van der Waals surface area contributed by atoms with E-state index in [2.05, 4.69) is 15.6 Å². The SMILES string of the molecule is CN=C(NCCCCC(F)(F)F)NC1CCCC1.I. The van der Waals surface area contributed by atoms with E-state index in [1.807, 2.05) is 0 Å². The van der Waals surface area contributed by atoms with E-state index in [0.29, 0.717) is 25.0 Å². The average molecular weight is 393 g/mol. The lowest BCUT2D eigenvalue weighted by Crippen LogP contribution is -2.42. The predicted molar refractivity (Wildman–Crippen MR) is 82.1 cm³/mol. The molecule has 0 unspecified atom stereocenters. The fourth-order valence-corrected chi connectivity index (χ4v) is 2.12. The first-order valence-corrected chi connectivity index (χ1v) is 6.55. The van der Waals surface area contributed by atoms with E-state index in [-0.39, 0.29) is 30.4 Å². The van der Waals surface area contributed by atoms with Crippen LogP contribution >= 0.6 is 24.0 Å². The molecule has 1 rings (SSSR count). The lowest BCUT2D eigenvalue weighted by molar-refractivity contribution is -0.135. The third-order valence-electron chi connectivity index (χ3n) is 3.10. The topological polar surface area (TPSA) is 36.4 Å². The van der Waals surface area contributed by atoms with Gasteiger partial charge in [-0.1, -0.05) is 12.8 Å². The number of nitrogens with one attached hydrogen (secondary N) is 2. The molecule has 7 heteroatoms. The van der Waals surface area contributed by atoms with Gasteiger partial charge in [-0.25, -0.2) is 0 Å². The van der Waals surface area contributed by atoms with Gasteiger partial charge in [0.2, 0.25) is 0 Å². The Bertz CT molecular complexity index is 263. The Hall–Kier alpha value is -0.210. The summed E-state index contributed by atoms with van der Waals surface area (Å²) in [6, 6.07) is 0.464. The van der Waals surface area contributed by atoms with Crippen LogP contribution in [-0.4, -0.2) is 31.8 Å². The average Bonchev–Trinajstić information content (AvgIpc) is 2.78. The Morgan fingerprint density at radius 2 is 1.84 bits per heavy atom. The molecular formula is C12H23F3IN3. The smallest absolute Gasteiger partial charge is 0.356 e. The van der Waals surface area contributed by atoms with E-state index in [1.165, 1.54) is 12.8 Å². The van der Waals surface area contributed by atoms with Crippen LogP contribution < -0.4 is 10.6 Å². The quantitative estimate of drug-likeness (QED) is 0.325. The Labute approximate surface area is 129 Å². The first-order valence-electron chi connectivity index (χ1n) is 6.55. The third-order valence-corrected chi connectivity index (χ3v) is 3.10. The predicted octanol–water partition coefficient (Wildman–Crippen LogP) is 3.44. The van der Waals surface area contributed by atoms with Crippen LogP contribution in [0.2, 0.25) is 0 Å². The maximum atomic E-state index is 11.9. The molecule has 0 spiro atoms. The zero-order chi connectivity index (χ0) is 13.4. The van der Waals surface area contributed by atoms with Crippen molar-refractivity contribution >= 4 is 29.9 Å². The number of nitrogens with zero attached hydrogens (tertiary/aromatic N) is 1. The van der Waals surface area contributed by atoms with Crippen molar-refractivity contribution in [1.29, 1.82) is 0 Å². The molecule has 0 amide bonds. The van der Waals surface area contributed by atoms with Gasteiger partial charge in [-0.15, -0.1) is 24.0 Å². The molecule has 0 atom stereocenters. The fourth-order valence-electron chi connectivity index (χ4n) is 2.12. The number of halogens is 4. The minimum atomic E-state index is -4.04. The van der Waals surface area contributed by atoms with Crippen molar-refractivity contribution in [2.75, 3.05) is 13.6 Å². The molecule has 2 N–H and O–H groups in total. The largest absolute Gasteiger partial charge is 0.389 e. The molecule has 0 aromatic carbocycles. The molecule has 0 heterocycles. The normalized spacial score (nSPS) is 17.2. The summed E-state index contributed by atoms with van der Waals surface area (Å²) < 4.78 is 35.8. The summed E-state index contributed by atoms with van der Waals surface area (Å²) in [7, 11) is 1.68. The summed E-state index contributed by atoms with van der Waals surface area (Å²) in [4.78, 5) is 4.07. The Kier molecular flexibility index (Phi) is 9.55. The van der Waals surface area contributed by atoms with Crippen molar-refractivity contribution in [3.63, 3.8) is 0 Å². The van der Waals surface area contributed by atoms with E-state index in [1.54, 1.807) is 7.05 Å². The number of aliphatic imine (C=N–C) groups is 1. The van der Waals surface area contributed by atoms with Crippen LogP contribution in [0.3, 0.4) is 0 Å². The van der Waals surface area contributed by atoms with Gasteiger partial charge in [-0.3, -0.25) is 4.99 Å². The molecule has 0 radical (unpaired) electrons. The van der Waals surface area contributed by atoms with Crippen LogP contribution in [0.4, 0.5) is 13.2 Å². The van der Waals surface area contributed by atoms with E-state index in [0.717, 1.165) is 12.8 Å². The van der Waals surface area contributed by atoms with Crippen LogP contribution in [0.1, 0.15) is 44.9 Å². The highest BCUT2D eigenvalue weighted by Gasteiger charge is 2.25. The third kappa shape index (κ3) is 9.34. The van der Waals surface area contributed by atoms with Crippen molar-refractivity contribution in [3.8, 4) is 0 Å². The molecule has 1 aliphatic carbocycles. The standard InChI is InChI=1S/C12H22F3N3.HI/c1-16-11(18-10-6-2-3-7-10)17-9-5-4-8-12(13,14)15;/h10H,2-9H2,1H3,(H2,16,17,18);1H. The number of unbranched alkanes of at least 4 members (excludes halogenated alkanes) is 1. The highest BCUT2D eigenvalue weighted by molar-refractivity contribution is 14.0. The maximum absolute atomic E-state index is 11.9. The minimum absolute atomic E-state index is 0. The molecule has 0 aromatic rings. The first kappa shape index (κ1) is 18.8. The van der Waals surface area contributed by atoms with Crippen molar-refractivity contribution in [1.82, 2.24) is 10.6 Å². The highest BCUT2D eigenvalue weighted by atomic mass is 127. The molecule has 1 aliphatic rings. The maximum Gasteiger partial charge on any atom is 0.389 e. The van der Waals surface area contributed by atoms with E-state index in [4.69, 9.17) is 0 Å². The van der Waals surface area contributed by atoms with Gasteiger partial charge in [0, 0.05) is 26.1 Å². The van der Waals surface area contributed by atoms with Crippen LogP contribution in [0.25, 0.3) is 0 Å². The molecule has 0 aliphatic heterocycles. The molecule has 1 fully saturated rings. The van der Waals surface area contributed by atoms with Gasteiger partial charge in [0.1, 0.15) is 0 Å². The second-order valence-corrected chi connectivity index (χ2v) is 4.70. The molecular weight excluding hydrogens is 370 g/mol. The lowest BCUT2D eigenvalue weighted by atomic mass is 10.2. The summed E-state index contributed by atoms with van der Waals surface area (Å²) in [6.07, 6.45) is 0.693. The second kappa shape index (κ2) is 9.66. The minimum Gasteiger partial charge on any atom is -0.356 e. The molecule has 3 nitrogen and oxygen atoms in total. The van der Waals surface area contributed by atoms with Gasteiger partial charge >= 0.3 is 6.18 Å². The van der Waals surface area contributed by atoms with E-state index < -0.39 is 12.6 Å². The number of hydrogen-bond donors (Lipinski definition) is 2. The van der Waals surface area contributed by atoms with Crippen molar-refractivity contribution < 1.29 is 13.2 Å². The van der Waals surface area contributed by atoms with E-state index in [9.17, 15) is 13.2 Å². The lowest BCUT2D eigenvalue weighted by Gasteiger charge is -2.16. The summed E-state index contributed by atoms with van der Waals surface area (Å²) in [5.74, 6) is 0.703. The van der Waals surface area contributed by atoms with Gasteiger partial charge in [0.15, 0.2) is 5.96 Å². The van der Waals surface area contributed by atoms with Crippen LogP contribution in [0.15, 0.2) is 4.99 Å². The van der Waals surface area contributed by atoms with Crippen molar-refractivity contribution in [2.45, 2.75) is 57.2 Å².